The first kappa shape index (κ1) is 6.02. The number of alkyl halides is 1. The molecule has 1 aliphatic rings. The van der Waals surface area contributed by atoms with E-state index >= 15 is 0 Å². The number of rotatable bonds is 1. The lowest BCUT2D eigenvalue weighted by atomic mass is 10.3. The summed E-state index contributed by atoms with van der Waals surface area (Å²) in [6.45, 7) is 5.91. The minimum absolute atomic E-state index is 0.586. The van der Waals surface area contributed by atoms with Crippen molar-refractivity contribution < 1.29 is 4.39 Å². The van der Waals surface area contributed by atoms with E-state index in [1.165, 1.54) is 0 Å². The van der Waals surface area contributed by atoms with E-state index in [1.807, 2.05) is 4.90 Å². The first-order valence-corrected chi connectivity index (χ1v) is 2.98. The summed E-state index contributed by atoms with van der Waals surface area (Å²) in [5.74, 6) is 0. The predicted molar refractivity (Wildman–Crippen MR) is 31.3 cm³/mol. The molecule has 0 aromatic rings. The van der Waals surface area contributed by atoms with Crippen molar-refractivity contribution in [2.75, 3.05) is 19.6 Å². The molecule has 0 unspecified atom stereocenters. The molecule has 1 aliphatic heterocycles. The van der Waals surface area contributed by atoms with Crippen LogP contribution in [-0.4, -0.2) is 30.7 Å². The number of likely N-dealkylation sites (tertiary alicyclic amines) is 1. The summed E-state index contributed by atoms with van der Waals surface area (Å²) < 4.78 is 12.3. The van der Waals surface area contributed by atoms with Crippen LogP contribution in [0, 0.1) is 6.92 Å². The molecule has 1 fully saturated rings. The van der Waals surface area contributed by atoms with Gasteiger partial charge in [-0.2, -0.15) is 0 Å². The van der Waals surface area contributed by atoms with Crippen LogP contribution >= 0.6 is 0 Å². The lowest BCUT2D eigenvalue weighted by Crippen LogP contribution is -2.20. The third-order valence-corrected chi connectivity index (χ3v) is 1.53. The quantitative estimate of drug-likeness (QED) is 0.491. The standard InChI is InChI=1S/C6H11FN/c1-2-8-4-3-6(7)5-8/h6H,1-5H2/t6-/m0/s1. The average molecular weight is 116 g/mol. The van der Waals surface area contributed by atoms with Gasteiger partial charge in [0.05, 0.1) is 0 Å². The Morgan fingerprint density at radius 3 is 2.75 bits per heavy atom. The second-order valence-corrected chi connectivity index (χ2v) is 2.19. The molecule has 0 aliphatic carbocycles. The monoisotopic (exact) mass is 116 g/mol. The SMILES string of the molecule is [CH2]CN1CC[C@H](F)C1. The molecule has 0 amide bonds. The van der Waals surface area contributed by atoms with Gasteiger partial charge in [-0.15, -0.1) is 0 Å². The van der Waals surface area contributed by atoms with Gasteiger partial charge in [0.2, 0.25) is 0 Å². The Hall–Kier alpha value is -0.110. The van der Waals surface area contributed by atoms with Gasteiger partial charge in [-0.1, -0.05) is 0 Å². The van der Waals surface area contributed by atoms with Gasteiger partial charge >= 0.3 is 0 Å². The molecule has 1 atom stereocenters. The number of nitrogens with zero attached hydrogens (tertiary/aromatic N) is 1. The fraction of sp³-hybridized carbons (Fsp3) is 0.833. The minimum Gasteiger partial charge on any atom is -0.300 e. The largest absolute Gasteiger partial charge is 0.300 e. The van der Waals surface area contributed by atoms with Crippen molar-refractivity contribution in [2.45, 2.75) is 12.6 Å². The molecule has 8 heavy (non-hydrogen) atoms. The molecule has 0 aromatic heterocycles. The number of halogens is 1. The summed E-state index contributed by atoms with van der Waals surface area (Å²) in [5, 5.41) is 0. The van der Waals surface area contributed by atoms with E-state index in [2.05, 4.69) is 6.92 Å². The van der Waals surface area contributed by atoms with Crippen molar-refractivity contribution >= 4 is 0 Å². The second kappa shape index (κ2) is 2.44. The smallest absolute Gasteiger partial charge is 0.114 e. The first-order chi connectivity index (χ1) is 3.83. The van der Waals surface area contributed by atoms with Crippen molar-refractivity contribution in [2.24, 2.45) is 0 Å². The third kappa shape index (κ3) is 1.19. The maximum absolute atomic E-state index is 12.3. The summed E-state index contributed by atoms with van der Waals surface area (Å²) in [6.07, 6.45) is 0.118. The van der Waals surface area contributed by atoms with Crippen LogP contribution in [0.15, 0.2) is 0 Å². The van der Waals surface area contributed by atoms with E-state index < -0.39 is 6.17 Å². The molecule has 1 nitrogen and oxygen atoms in total. The van der Waals surface area contributed by atoms with Crippen LogP contribution in [0.3, 0.4) is 0 Å². The summed E-state index contributed by atoms with van der Waals surface area (Å²) in [7, 11) is 0. The number of hydrogen-bond acceptors (Lipinski definition) is 1. The zero-order chi connectivity index (χ0) is 5.98. The predicted octanol–water partition coefficient (Wildman–Crippen LogP) is 0.864. The van der Waals surface area contributed by atoms with Gasteiger partial charge in [0.15, 0.2) is 0 Å². The molecule has 1 radical (unpaired) electrons. The molecule has 1 rings (SSSR count). The van der Waals surface area contributed by atoms with E-state index in [0.717, 1.165) is 13.1 Å². The van der Waals surface area contributed by atoms with E-state index in [4.69, 9.17) is 0 Å². The van der Waals surface area contributed by atoms with Gasteiger partial charge in [0.1, 0.15) is 6.17 Å². The highest BCUT2D eigenvalue weighted by Gasteiger charge is 2.19. The van der Waals surface area contributed by atoms with E-state index in [-0.39, 0.29) is 0 Å². The van der Waals surface area contributed by atoms with Crippen LogP contribution in [0.1, 0.15) is 6.42 Å². The highest BCUT2D eigenvalue weighted by Crippen LogP contribution is 2.10. The molecule has 47 valence electrons. The van der Waals surface area contributed by atoms with Crippen molar-refractivity contribution in [1.29, 1.82) is 0 Å². The lowest BCUT2D eigenvalue weighted by Gasteiger charge is -2.08. The van der Waals surface area contributed by atoms with E-state index in [1.54, 1.807) is 0 Å². The van der Waals surface area contributed by atoms with Crippen molar-refractivity contribution in [3.63, 3.8) is 0 Å². The van der Waals surface area contributed by atoms with Crippen LogP contribution in [0.4, 0.5) is 4.39 Å². The summed E-state index contributed by atoms with van der Waals surface area (Å²) in [4.78, 5) is 2.02. The Kier molecular flexibility index (Phi) is 1.84. The molecule has 1 saturated heterocycles. The molecular formula is C6H11FN. The van der Waals surface area contributed by atoms with E-state index in [9.17, 15) is 4.39 Å². The topological polar surface area (TPSA) is 3.24 Å². The van der Waals surface area contributed by atoms with Gasteiger partial charge in [0.25, 0.3) is 0 Å². The molecule has 0 N–H and O–H groups in total. The maximum atomic E-state index is 12.3. The Balaban J connectivity index is 2.22. The molecule has 2 heteroatoms. The average Bonchev–Trinajstić information content (AvgIpc) is 2.14. The minimum atomic E-state index is -0.586. The van der Waals surface area contributed by atoms with Gasteiger partial charge in [0, 0.05) is 13.1 Å². The number of hydrogen-bond donors (Lipinski definition) is 0. The Morgan fingerprint density at radius 1 is 1.75 bits per heavy atom. The van der Waals surface area contributed by atoms with Crippen LogP contribution in [0.25, 0.3) is 0 Å². The Labute approximate surface area is 49.5 Å². The van der Waals surface area contributed by atoms with Gasteiger partial charge in [-0.05, 0) is 19.9 Å². The third-order valence-electron chi connectivity index (χ3n) is 1.53. The van der Waals surface area contributed by atoms with Gasteiger partial charge < -0.3 is 4.90 Å². The van der Waals surface area contributed by atoms with Crippen molar-refractivity contribution in [3.05, 3.63) is 6.92 Å². The van der Waals surface area contributed by atoms with Crippen LogP contribution < -0.4 is 0 Å². The first-order valence-electron chi connectivity index (χ1n) is 2.98. The van der Waals surface area contributed by atoms with Crippen molar-refractivity contribution in [3.8, 4) is 0 Å². The van der Waals surface area contributed by atoms with Crippen LogP contribution in [0.5, 0.6) is 0 Å². The molecular weight excluding hydrogens is 105 g/mol. The molecule has 0 aromatic carbocycles. The highest BCUT2D eigenvalue weighted by molar-refractivity contribution is 4.74. The zero-order valence-corrected chi connectivity index (χ0v) is 4.94. The normalized spacial score (nSPS) is 31.5. The Morgan fingerprint density at radius 2 is 2.50 bits per heavy atom. The fourth-order valence-corrected chi connectivity index (χ4v) is 0.988. The van der Waals surface area contributed by atoms with E-state index in [0.29, 0.717) is 13.0 Å². The summed E-state index contributed by atoms with van der Waals surface area (Å²) in [5.41, 5.74) is 0. The van der Waals surface area contributed by atoms with Crippen LogP contribution in [-0.2, 0) is 0 Å². The maximum Gasteiger partial charge on any atom is 0.114 e. The molecule has 0 saturated carbocycles. The summed E-state index contributed by atoms with van der Waals surface area (Å²) >= 11 is 0. The Bertz CT molecular complexity index is 74.9. The lowest BCUT2D eigenvalue weighted by molar-refractivity contribution is 0.305. The van der Waals surface area contributed by atoms with Gasteiger partial charge in [-0.25, -0.2) is 4.39 Å². The zero-order valence-electron chi connectivity index (χ0n) is 4.94. The highest BCUT2D eigenvalue weighted by atomic mass is 19.1. The summed E-state index contributed by atoms with van der Waals surface area (Å²) in [6, 6.07) is 0. The fourth-order valence-electron chi connectivity index (χ4n) is 0.988. The van der Waals surface area contributed by atoms with Crippen LogP contribution in [0.2, 0.25) is 0 Å². The molecule has 0 bridgehead atoms. The molecule has 1 heterocycles. The molecule has 0 spiro atoms. The van der Waals surface area contributed by atoms with Gasteiger partial charge in [-0.3, -0.25) is 0 Å². The second-order valence-electron chi connectivity index (χ2n) is 2.19. The van der Waals surface area contributed by atoms with Crippen molar-refractivity contribution in [1.82, 2.24) is 4.90 Å².